The minimum atomic E-state index is -0.509. The van der Waals surface area contributed by atoms with Crippen LogP contribution in [0.2, 0.25) is 0 Å². The molecule has 7 heteroatoms. The highest BCUT2D eigenvalue weighted by atomic mass is 19.1. The number of anilines is 1. The van der Waals surface area contributed by atoms with Crippen molar-refractivity contribution in [1.29, 1.82) is 5.26 Å². The fraction of sp³-hybridized carbons (Fsp3) is 0.167. The molecule has 0 bridgehead atoms. The van der Waals surface area contributed by atoms with Crippen LogP contribution in [0, 0.1) is 17.1 Å². The van der Waals surface area contributed by atoms with Crippen LogP contribution >= 0.6 is 0 Å². The molecular weight excluding hydrogens is 321 g/mol. The third kappa shape index (κ3) is 2.73. The molecule has 0 spiro atoms. The molecule has 1 aliphatic rings. The van der Waals surface area contributed by atoms with E-state index in [0.29, 0.717) is 23.1 Å². The van der Waals surface area contributed by atoms with Gasteiger partial charge in [0.15, 0.2) is 0 Å². The number of amides is 1. The molecule has 4 rings (SSSR count). The predicted molar refractivity (Wildman–Crippen MR) is 90.3 cm³/mol. The Morgan fingerprint density at radius 1 is 1.32 bits per heavy atom. The van der Waals surface area contributed by atoms with Crippen molar-refractivity contribution in [3.63, 3.8) is 0 Å². The van der Waals surface area contributed by atoms with Crippen LogP contribution in [0.1, 0.15) is 27.0 Å². The minimum absolute atomic E-state index is 0.212. The maximum Gasteiger partial charge on any atom is 0.256 e. The van der Waals surface area contributed by atoms with Gasteiger partial charge in [-0.25, -0.2) is 4.39 Å². The molecule has 0 saturated heterocycles. The Hall–Kier alpha value is -3.24. The lowest BCUT2D eigenvalue weighted by Crippen LogP contribution is -2.13. The highest BCUT2D eigenvalue weighted by molar-refractivity contribution is 6.12. The zero-order valence-electron chi connectivity index (χ0n) is 13.2. The van der Waals surface area contributed by atoms with E-state index < -0.39 is 11.7 Å². The number of H-pyrrole nitrogens is 1. The molecule has 25 heavy (non-hydrogen) atoms. The summed E-state index contributed by atoms with van der Waals surface area (Å²) in [6.07, 6.45) is 1.77. The van der Waals surface area contributed by atoms with Gasteiger partial charge in [-0.15, -0.1) is 0 Å². The van der Waals surface area contributed by atoms with Gasteiger partial charge in [0.05, 0.1) is 29.8 Å². The second-order valence-electron chi connectivity index (χ2n) is 5.95. The number of fused-ring (bicyclic) bond motifs is 2. The molecule has 0 saturated carbocycles. The van der Waals surface area contributed by atoms with Crippen molar-refractivity contribution in [3.8, 4) is 6.07 Å². The third-order valence-corrected chi connectivity index (χ3v) is 4.35. The number of benzene rings is 2. The SMILES string of the molecule is N#CCc1cc(NC(=O)c2cc(F)cc3[nH]ncc23)cc2c1CNC2. The van der Waals surface area contributed by atoms with Crippen LogP contribution in [0.25, 0.3) is 10.9 Å². The number of hydrogen-bond donors (Lipinski definition) is 3. The summed E-state index contributed by atoms with van der Waals surface area (Å²) in [7, 11) is 0. The van der Waals surface area contributed by atoms with E-state index in [2.05, 4.69) is 26.9 Å². The quantitative estimate of drug-likeness (QED) is 0.686. The molecular formula is C18H14FN5O. The number of halogens is 1. The van der Waals surface area contributed by atoms with E-state index in [9.17, 15) is 9.18 Å². The minimum Gasteiger partial charge on any atom is -0.322 e. The van der Waals surface area contributed by atoms with Gasteiger partial charge in [0.25, 0.3) is 5.91 Å². The molecule has 1 aromatic heterocycles. The first-order valence-corrected chi connectivity index (χ1v) is 7.82. The molecule has 124 valence electrons. The van der Waals surface area contributed by atoms with Crippen molar-refractivity contribution in [1.82, 2.24) is 15.5 Å². The maximum atomic E-state index is 13.7. The van der Waals surface area contributed by atoms with Crippen molar-refractivity contribution in [3.05, 3.63) is 58.5 Å². The van der Waals surface area contributed by atoms with Crippen LogP contribution in [-0.2, 0) is 19.5 Å². The van der Waals surface area contributed by atoms with Crippen LogP contribution < -0.4 is 10.6 Å². The maximum absolute atomic E-state index is 13.7. The number of nitriles is 1. The Kier molecular flexibility index (Phi) is 3.67. The lowest BCUT2D eigenvalue weighted by atomic mass is 10.00. The third-order valence-electron chi connectivity index (χ3n) is 4.35. The van der Waals surface area contributed by atoms with Gasteiger partial charge in [-0.1, -0.05) is 0 Å². The summed E-state index contributed by atoms with van der Waals surface area (Å²) in [4.78, 5) is 12.6. The number of carbonyl (C=O) groups is 1. The van der Waals surface area contributed by atoms with Crippen LogP contribution in [0.15, 0.2) is 30.5 Å². The van der Waals surface area contributed by atoms with Crippen LogP contribution in [0.4, 0.5) is 10.1 Å². The monoisotopic (exact) mass is 335 g/mol. The summed E-state index contributed by atoms with van der Waals surface area (Å²) in [6.45, 7) is 1.42. The molecule has 0 radical (unpaired) electrons. The molecule has 2 heterocycles. The fourth-order valence-corrected chi connectivity index (χ4v) is 3.22. The molecule has 0 fully saturated rings. The summed E-state index contributed by atoms with van der Waals surface area (Å²) in [5.41, 5.74) is 4.35. The Morgan fingerprint density at radius 3 is 3.04 bits per heavy atom. The van der Waals surface area contributed by atoms with Gasteiger partial charge in [0.2, 0.25) is 0 Å². The highest BCUT2D eigenvalue weighted by Crippen LogP contribution is 2.26. The first-order chi connectivity index (χ1) is 12.2. The van der Waals surface area contributed by atoms with E-state index in [1.165, 1.54) is 18.3 Å². The van der Waals surface area contributed by atoms with Crippen molar-refractivity contribution >= 4 is 22.5 Å². The Balaban J connectivity index is 1.70. The van der Waals surface area contributed by atoms with Gasteiger partial charge in [-0.3, -0.25) is 9.89 Å². The first kappa shape index (κ1) is 15.3. The Morgan fingerprint density at radius 2 is 2.20 bits per heavy atom. The molecule has 0 atom stereocenters. The van der Waals surface area contributed by atoms with Crippen LogP contribution in [0.3, 0.4) is 0 Å². The summed E-state index contributed by atoms with van der Waals surface area (Å²) in [5.74, 6) is -0.926. The number of aromatic nitrogens is 2. The van der Waals surface area contributed by atoms with Gasteiger partial charge in [-0.05, 0) is 41.0 Å². The molecule has 1 amide bonds. The number of carbonyl (C=O) groups excluding carboxylic acids is 1. The topological polar surface area (TPSA) is 93.6 Å². The summed E-state index contributed by atoms with van der Waals surface area (Å²) in [6, 6.07) is 8.33. The van der Waals surface area contributed by atoms with Gasteiger partial charge >= 0.3 is 0 Å². The van der Waals surface area contributed by atoms with Crippen molar-refractivity contribution < 1.29 is 9.18 Å². The van der Waals surface area contributed by atoms with E-state index in [1.807, 2.05) is 6.07 Å². The number of hydrogen-bond acceptors (Lipinski definition) is 4. The second kappa shape index (κ2) is 6.00. The first-order valence-electron chi connectivity index (χ1n) is 7.82. The summed E-state index contributed by atoms with van der Waals surface area (Å²) < 4.78 is 13.7. The Labute approximate surface area is 142 Å². The van der Waals surface area contributed by atoms with Crippen LogP contribution in [-0.4, -0.2) is 16.1 Å². The van der Waals surface area contributed by atoms with Crippen LogP contribution in [0.5, 0.6) is 0 Å². The molecule has 6 nitrogen and oxygen atoms in total. The zero-order valence-corrected chi connectivity index (χ0v) is 13.2. The molecule has 3 N–H and O–H groups in total. The zero-order chi connectivity index (χ0) is 17.4. The fourth-order valence-electron chi connectivity index (χ4n) is 3.22. The summed E-state index contributed by atoms with van der Waals surface area (Å²) in [5, 5.41) is 22.2. The molecule has 2 aromatic carbocycles. The number of nitrogens with one attached hydrogen (secondary N) is 3. The second-order valence-corrected chi connectivity index (χ2v) is 5.95. The smallest absolute Gasteiger partial charge is 0.256 e. The van der Waals surface area contributed by atoms with Gasteiger partial charge < -0.3 is 10.6 Å². The molecule has 1 aliphatic heterocycles. The van der Waals surface area contributed by atoms with E-state index in [1.54, 1.807) is 6.07 Å². The number of rotatable bonds is 3. The van der Waals surface area contributed by atoms with Gasteiger partial charge in [-0.2, -0.15) is 10.4 Å². The Bertz CT molecular complexity index is 1030. The normalized spacial score (nSPS) is 12.8. The van der Waals surface area contributed by atoms with Crippen molar-refractivity contribution in [2.45, 2.75) is 19.5 Å². The molecule has 0 unspecified atom stereocenters. The van der Waals surface area contributed by atoms with Gasteiger partial charge in [0, 0.05) is 24.2 Å². The predicted octanol–water partition coefficient (Wildman–Crippen LogP) is 2.62. The molecule has 3 aromatic rings. The average molecular weight is 335 g/mol. The lowest BCUT2D eigenvalue weighted by Gasteiger charge is -2.11. The molecule has 0 aliphatic carbocycles. The van der Waals surface area contributed by atoms with E-state index in [4.69, 9.17) is 5.26 Å². The van der Waals surface area contributed by atoms with Gasteiger partial charge in [0.1, 0.15) is 5.82 Å². The van der Waals surface area contributed by atoms with E-state index in [-0.39, 0.29) is 12.0 Å². The highest BCUT2D eigenvalue weighted by Gasteiger charge is 2.18. The summed E-state index contributed by atoms with van der Waals surface area (Å²) >= 11 is 0. The average Bonchev–Trinajstić information content (AvgIpc) is 3.22. The van der Waals surface area contributed by atoms with E-state index in [0.717, 1.165) is 23.2 Å². The van der Waals surface area contributed by atoms with Crippen molar-refractivity contribution in [2.75, 3.05) is 5.32 Å². The van der Waals surface area contributed by atoms with Crippen molar-refractivity contribution in [2.24, 2.45) is 0 Å². The lowest BCUT2D eigenvalue weighted by molar-refractivity contribution is 0.102. The largest absolute Gasteiger partial charge is 0.322 e. The standard InChI is InChI=1S/C18H14FN5O/c19-12-5-14(16-9-22-24-17(16)6-12)18(25)23-13-3-10(1-2-20)15-8-21-7-11(15)4-13/h3-6,9,21H,1,7-8H2,(H,22,24)(H,23,25). The number of nitrogens with zero attached hydrogens (tertiary/aromatic N) is 2. The van der Waals surface area contributed by atoms with E-state index >= 15 is 0 Å². The number of aromatic amines is 1.